The molecule has 1 atom stereocenters. The molecule has 3 aromatic rings. The van der Waals surface area contributed by atoms with E-state index in [0.29, 0.717) is 6.54 Å². The van der Waals surface area contributed by atoms with E-state index in [9.17, 15) is 4.79 Å². The van der Waals surface area contributed by atoms with E-state index in [0.717, 1.165) is 59.2 Å². The molecule has 0 spiro atoms. The fraction of sp³-hybridized carbons (Fsp3) is 0.250. The van der Waals surface area contributed by atoms with Gasteiger partial charge < -0.3 is 15.4 Å². The molecule has 0 radical (unpaired) electrons. The Bertz CT molecular complexity index is 919. The number of rotatable bonds is 3. The van der Waals surface area contributed by atoms with Crippen molar-refractivity contribution in [1.29, 1.82) is 0 Å². The van der Waals surface area contributed by atoms with Crippen molar-refractivity contribution in [2.45, 2.75) is 12.8 Å². The van der Waals surface area contributed by atoms with Crippen LogP contribution < -0.4 is 10.6 Å². The van der Waals surface area contributed by atoms with E-state index in [4.69, 9.17) is 5.73 Å². The molecular weight excluding hydrogens is 312 g/mol. The van der Waals surface area contributed by atoms with E-state index < -0.39 is 0 Å². The van der Waals surface area contributed by atoms with Crippen molar-refractivity contribution in [3.8, 4) is 11.1 Å². The number of aldehydes is 1. The molecule has 2 aromatic carbocycles. The first-order chi connectivity index (χ1) is 12.3. The molecule has 2 heterocycles. The van der Waals surface area contributed by atoms with E-state index in [-0.39, 0.29) is 5.92 Å². The fourth-order valence-electron chi connectivity index (χ4n) is 3.59. The Balaban J connectivity index is 1.89. The number of carbonyl (C=O) groups excluding carboxylic acids is 1. The minimum atomic E-state index is 0.0679. The van der Waals surface area contributed by atoms with Crippen LogP contribution in [0.1, 0.15) is 12.8 Å². The summed E-state index contributed by atoms with van der Waals surface area (Å²) in [4.78, 5) is 22.5. The standard InChI is InChI=1S/C20H20N4O/c21-16-6-1-5-15(10-16)17-7-2-8-18-19(17)20(23-13-22-18)24-9-3-4-14(11-24)12-25/h1-2,5-8,10,12-14H,3-4,9,11,21H2. The molecule has 25 heavy (non-hydrogen) atoms. The maximum absolute atomic E-state index is 11.3. The zero-order chi connectivity index (χ0) is 17.2. The molecule has 0 amide bonds. The number of fused-ring (bicyclic) bond motifs is 1. The molecule has 1 aliphatic heterocycles. The Labute approximate surface area is 146 Å². The SMILES string of the molecule is Nc1cccc(-c2cccc3ncnc(N4CCCC(C=O)C4)c23)c1. The van der Waals surface area contributed by atoms with Crippen LogP contribution in [0.25, 0.3) is 22.0 Å². The first-order valence-electron chi connectivity index (χ1n) is 8.56. The van der Waals surface area contributed by atoms with Crippen molar-refractivity contribution in [2.24, 2.45) is 5.92 Å². The summed E-state index contributed by atoms with van der Waals surface area (Å²) >= 11 is 0. The van der Waals surface area contributed by atoms with E-state index in [2.05, 4.69) is 20.9 Å². The van der Waals surface area contributed by atoms with Crippen molar-refractivity contribution in [2.75, 3.05) is 23.7 Å². The van der Waals surface area contributed by atoms with Gasteiger partial charge in [0.1, 0.15) is 18.4 Å². The number of carbonyl (C=O) groups is 1. The summed E-state index contributed by atoms with van der Waals surface area (Å²) in [6.07, 6.45) is 4.61. The van der Waals surface area contributed by atoms with Crippen LogP contribution in [-0.4, -0.2) is 29.3 Å². The molecule has 1 unspecified atom stereocenters. The highest BCUT2D eigenvalue weighted by Gasteiger charge is 2.23. The largest absolute Gasteiger partial charge is 0.399 e. The maximum Gasteiger partial charge on any atom is 0.140 e. The first kappa shape index (κ1) is 15.6. The lowest BCUT2D eigenvalue weighted by Crippen LogP contribution is -2.36. The van der Waals surface area contributed by atoms with Crippen molar-refractivity contribution in [1.82, 2.24) is 9.97 Å². The van der Waals surface area contributed by atoms with Gasteiger partial charge in [0.2, 0.25) is 0 Å². The van der Waals surface area contributed by atoms with Crippen LogP contribution in [0.4, 0.5) is 11.5 Å². The third-order valence-electron chi connectivity index (χ3n) is 4.79. The number of nitrogen functional groups attached to an aromatic ring is 1. The second kappa shape index (κ2) is 6.51. The van der Waals surface area contributed by atoms with Crippen molar-refractivity contribution in [3.63, 3.8) is 0 Å². The van der Waals surface area contributed by atoms with E-state index >= 15 is 0 Å². The van der Waals surface area contributed by atoms with Gasteiger partial charge >= 0.3 is 0 Å². The number of piperidine rings is 1. The molecule has 5 nitrogen and oxygen atoms in total. The van der Waals surface area contributed by atoms with Gasteiger partial charge in [0.05, 0.1) is 10.9 Å². The number of anilines is 2. The zero-order valence-electron chi connectivity index (χ0n) is 13.9. The van der Waals surface area contributed by atoms with Gasteiger partial charge in [0.25, 0.3) is 0 Å². The van der Waals surface area contributed by atoms with E-state index in [1.54, 1.807) is 6.33 Å². The smallest absolute Gasteiger partial charge is 0.140 e. The summed E-state index contributed by atoms with van der Waals surface area (Å²) < 4.78 is 0. The van der Waals surface area contributed by atoms with E-state index in [1.165, 1.54) is 0 Å². The Morgan fingerprint density at radius 1 is 1.16 bits per heavy atom. The summed E-state index contributed by atoms with van der Waals surface area (Å²) in [6, 6.07) is 13.9. The molecule has 1 saturated heterocycles. The quantitative estimate of drug-likeness (QED) is 0.588. The summed E-state index contributed by atoms with van der Waals surface area (Å²) in [6.45, 7) is 1.61. The number of hydrogen-bond acceptors (Lipinski definition) is 5. The number of benzene rings is 2. The molecule has 126 valence electrons. The van der Waals surface area contributed by atoms with Gasteiger partial charge in [-0.3, -0.25) is 0 Å². The lowest BCUT2D eigenvalue weighted by molar-refractivity contribution is -0.111. The maximum atomic E-state index is 11.3. The number of nitrogens with zero attached hydrogens (tertiary/aromatic N) is 3. The number of aromatic nitrogens is 2. The average Bonchev–Trinajstić information content (AvgIpc) is 2.67. The second-order valence-corrected chi connectivity index (χ2v) is 6.51. The van der Waals surface area contributed by atoms with Crippen molar-refractivity contribution < 1.29 is 4.79 Å². The van der Waals surface area contributed by atoms with Gasteiger partial charge in [-0.1, -0.05) is 24.3 Å². The number of nitrogens with two attached hydrogens (primary N) is 1. The lowest BCUT2D eigenvalue weighted by atomic mass is 9.97. The predicted molar refractivity (Wildman–Crippen MR) is 100 cm³/mol. The topological polar surface area (TPSA) is 72.1 Å². The molecule has 2 N–H and O–H groups in total. The van der Waals surface area contributed by atoms with Gasteiger partial charge in [-0.2, -0.15) is 0 Å². The van der Waals surface area contributed by atoms with Crippen LogP contribution in [0.15, 0.2) is 48.8 Å². The van der Waals surface area contributed by atoms with Gasteiger partial charge in [0.15, 0.2) is 0 Å². The van der Waals surface area contributed by atoms with Crippen molar-refractivity contribution in [3.05, 3.63) is 48.8 Å². The van der Waals surface area contributed by atoms with Crippen LogP contribution in [-0.2, 0) is 4.79 Å². The molecule has 4 rings (SSSR count). The second-order valence-electron chi connectivity index (χ2n) is 6.51. The van der Waals surface area contributed by atoms with Crippen LogP contribution in [0, 0.1) is 5.92 Å². The summed E-state index contributed by atoms with van der Waals surface area (Å²) in [5.41, 5.74) is 9.72. The van der Waals surface area contributed by atoms with Crippen LogP contribution in [0.2, 0.25) is 0 Å². The summed E-state index contributed by atoms with van der Waals surface area (Å²) in [5.74, 6) is 0.966. The highest BCUT2D eigenvalue weighted by molar-refractivity contribution is 6.02. The minimum absolute atomic E-state index is 0.0679. The molecular formula is C20H20N4O. The van der Waals surface area contributed by atoms with E-state index in [1.807, 2.05) is 36.4 Å². The van der Waals surface area contributed by atoms with Crippen LogP contribution in [0.5, 0.6) is 0 Å². The third kappa shape index (κ3) is 2.93. The molecule has 5 heteroatoms. The monoisotopic (exact) mass is 332 g/mol. The average molecular weight is 332 g/mol. The first-order valence-corrected chi connectivity index (χ1v) is 8.56. The molecule has 0 bridgehead atoms. The predicted octanol–water partition coefficient (Wildman–Crippen LogP) is 3.29. The Kier molecular flexibility index (Phi) is 4.06. The lowest BCUT2D eigenvalue weighted by Gasteiger charge is -2.32. The molecule has 0 saturated carbocycles. The molecule has 1 aromatic heterocycles. The number of hydrogen-bond donors (Lipinski definition) is 1. The molecule has 1 fully saturated rings. The Morgan fingerprint density at radius 2 is 2.04 bits per heavy atom. The minimum Gasteiger partial charge on any atom is -0.399 e. The molecule has 0 aliphatic carbocycles. The van der Waals surface area contributed by atoms with Gasteiger partial charge in [-0.25, -0.2) is 9.97 Å². The summed E-state index contributed by atoms with van der Waals surface area (Å²) in [5, 5.41) is 1.02. The fourth-order valence-corrected chi connectivity index (χ4v) is 3.59. The van der Waals surface area contributed by atoms with Gasteiger partial charge in [-0.05, 0) is 42.2 Å². The van der Waals surface area contributed by atoms with Gasteiger partial charge in [0, 0.05) is 24.7 Å². The third-order valence-corrected chi connectivity index (χ3v) is 4.79. The highest BCUT2D eigenvalue weighted by atomic mass is 16.1. The highest BCUT2D eigenvalue weighted by Crippen LogP contribution is 2.35. The Morgan fingerprint density at radius 3 is 2.88 bits per heavy atom. The summed E-state index contributed by atoms with van der Waals surface area (Å²) in [7, 11) is 0. The zero-order valence-corrected chi connectivity index (χ0v) is 13.9. The Hall–Kier alpha value is -2.95. The normalized spacial score (nSPS) is 17.6. The van der Waals surface area contributed by atoms with Crippen LogP contribution in [0.3, 0.4) is 0 Å². The van der Waals surface area contributed by atoms with Gasteiger partial charge in [-0.15, -0.1) is 0 Å². The van der Waals surface area contributed by atoms with Crippen LogP contribution >= 0.6 is 0 Å². The molecule has 1 aliphatic rings. The van der Waals surface area contributed by atoms with Crippen molar-refractivity contribution >= 4 is 28.7 Å².